The third kappa shape index (κ3) is 4.00. The standard InChI is InChI=1S/C11H15N3O2/c1-7-3-8(2)5-9(4-7)14-10(15)6-13-11(12)16/h3-5H,6H2,1-2H3,(H,14,15)(H3,12,13,16). The maximum Gasteiger partial charge on any atom is 0.312 e. The number of hydrogen-bond donors (Lipinski definition) is 3. The molecule has 4 N–H and O–H groups in total. The number of primary amides is 1. The van der Waals surface area contributed by atoms with Crippen LogP contribution in [0.5, 0.6) is 0 Å². The lowest BCUT2D eigenvalue weighted by molar-refractivity contribution is -0.115. The Kier molecular flexibility index (Phi) is 3.88. The first-order chi connectivity index (χ1) is 7.47. The molecule has 0 aliphatic heterocycles. The Morgan fingerprint density at radius 2 is 1.75 bits per heavy atom. The number of rotatable bonds is 3. The van der Waals surface area contributed by atoms with E-state index >= 15 is 0 Å². The molecule has 1 aromatic rings. The van der Waals surface area contributed by atoms with Crippen LogP contribution in [0.4, 0.5) is 10.5 Å². The van der Waals surface area contributed by atoms with E-state index < -0.39 is 6.03 Å². The van der Waals surface area contributed by atoms with Gasteiger partial charge in [0.2, 0.25) is 5.91 Å². The number of hydrogen-bond acceptors (Lipinski definition) is 2. The van der Waals surface area contributed by atoms with E-state index in [0.29, 0.717) is 5.69 Å². The number of benzene rings is 1. The molecule has 86 valence electrons. The van der Waals surface area contributed by atoms with E-state index in [1.807, 2.05) is 32.0 Å². The van der Waals surface area contributed by atoms with Crippen molar-refractivity contribution in [2.75, 3.05) is 11.9 Å². The van der Waals surface area contributed by atoms with Gasteiger partial charge in [-0.3, -0.25) is 4.79 Å². The fourth-order valence-electron chi connectivity index (χ4n) is 1.42. The van der Waals surface area contributed by atoms with Gasteiger partial charge in [0.1, 0.15) is 0 Å². The number of nitrogens with one attached hydrogen (secondary N) is 2. The van der Waals surface area contributed by atoms with Gasteiger partial charge in [0.05, 0.1) is 6.54 Å². The van der Waals surface area contributed by atoms with Crippen LogP contribution in [-0.4, -0.2) is 18.5 Å². The maximum absolute atomic E-state index is 11.4. The minimum atomic E-state index is -0.712. The van der Waals surface area contributed by atoms with Gasteiger partial charge >= 0.3 is 6.03 Å². The molecule has 0 atom stereocenters. The van der Waals surface area contributed by atoms with Crippen molar-refractivity contribution in [3.8, 4) is 0 Å². The van der Waals surface area contributed by atoms with Crippen molar-refractivity contribution >= 4 is 17.6 Å². The van der Waals surface area contributed by atoms with Gasteiger partial charge < -0.3 is 16.4 Å². The average Bonchev–Trinajstić information content (AvgIpc) is 2.12. The highest BCUT2D eigenvalue weighted by Crippen LogP contribution is 2.13. The summed E-state index contributed by atoms with van der Waals surface area (Å²) in [5, 5.41) is 4.89. The molecule has 1 aromatic carbocycles. The van der Waals surface area contributed by atoms with Crippen molar-refractivity contribution in [2.24, 2.45) is 5.73 Å². The third-order valence-corrected chi connectivity index (χ3v) is 1.93. The summed E-state index contributed by atoms with van der Waals surface area (Å²) in [5.41, 5.74) is 7.70. The van der Waals surface area contributed by atoms with Crippen LogP contribution in [0.3, 0.4) is 0 Å². The highest BCUT2D eigenvalue weighted by Gasteiger charge is 2.03. The molecule has 0 unspecified atom stereocenters. The number of urea groups is 1. The summed E-state index contributed by atoms with van der Waals surface area (Å²) >= 11 is 0. The van der Waals surface area contributed by atoms with Crippen LogP contribution in [0.2, 0.25) is 0 Å². The predicted molar refractivity (Wildman–Crippen MR) is 62.1 cm³/mol. The zero-order valence-electron chi connectivity index (χ0n) is 9.33. The molecule has 0 saturated carbocycles. The van der Waals surface area contributed by atoms with E-state index in [9.17, 15) is 9.59 Å². The quantitative estimate of drug-likeness (QED) is 0.708. The summed E-state index contributed by atoms with van der Waals surface area (Å²) in [6.45, 7) is 3.77. The van der Waals surface area contributed by atoms with Crippen LogP contribution >= 0.6 is 0 Å². The zero-order valence-corrected chi connectivity index (χ0v) is 9.33. The lowest BCUT2D eigenvalue weighted by Gasteiger charge is -2.07. The first-order valence-corrected chi connectivity index (χ1v) is 4.89. The SMILES string of the molecule is Cc1cc(C)cc(NC(=O)CNC(N)=O)c1. The van der Waals surface area contributed by atoms with E-state index in [1.165, 1.54) is 0 Å². The minimum absolute atomic E-state index is 0.123. The van der Waals surface area contributed by atoms with Crippen LogP contribution in [0.15, 0.2) is 18.2 Å². The molecule has 1 rings (SSSR count). The van der Waals surface area contributed by atoms with Crippen LogP contribution in [0.25, 0.3) is 0 Å². The summed E-state index contributed by atoms with van der Waals surface area (Å²) in [4.78, 5) is 21.8. The van der Waals surface area contributed by atoms with Crippen molar-refractivity contribution < 1.29 is 9.59 Å². The predicted octanol–water partition coefficient (Wildman–Crippen LogP) is 0.910. The average molecular weight is 221 g/mol. The molecule has 16 heavy (non-hydrogen) atoms. The Morgan fingerprint density at radius 3 is 2.25 bits per heavy atom. The fraction of sp³-hybridized carbons (Fsp3) is 0.273. The summed E-state index contributed by atoms with van der Waals surface area (Å²) in [5.74, 6) is -0.302. The summed E-state index contributed by atoms with van der Waals surface area (Å²) < 4.78 is 0. The van der Waals surface area contributed by atoms with E-state index in [4.69, 9.17) is 5.73 Å². The molecule has 3 amide bonds. The minimum Gasteiger partial charge on any atom is -0.352 e. The van der Waals surface area contributed by atoms with Gasteiger partial charge in [-0.25, -0.2) is 4.79 Å². The Balaban J connectivity index is 2.59. The topological polar surface area (TPSA) is 84.2 Å². The van der Waals surface area contributed by atoms with Crippen molar-refractivity contribution in [3.63, 3.8) is 0 Å². The first kappa shape index (κ1) is 12.0. The van der Waals surface area contributed by atoms with Crippen LogP contribution < -0.4 is 16.4 Å². The number of nitrogens with two attached hydrogens (primary N) is 1. The third-order valence-electron chi connectivity index (χ3n) is 1.93. The van der Waals surface area contributed by atoms with Crippen LogP contribution in [0, 0.1) is 13.8 Å². The molecule has 0 spiro atoms. The van der Waals surface area contributed by atoms with E-state index in [0.717, 1.165) is 11.1 Å². The highest BCUT2D eigenvalue weighted by atomic mass is 16.2. The number of carbonyl (C=O) groups excluding carboxylic acids is 2. The molecule has 5 nitrogen and oxygen atoms in total. The number of carbonyl (C=O) groups is 2. The smallest absolute Gasteiger partial charge is 0.312 e. The number of aryl methyl sites for hydroxylation is 2. The van der Waals surface area contributed by atoms with Crippen molar-refractivity contribution in [2.45, 2.75) is 13.8 Å². The zero-order chi connectivity index (χ0) is 12.1. The van der Waals surface area contributed by atoms with Gasteiger partial charge in [-0.15, -0.1) is 0 Å². The summed E-state index contributed by atoms with van der Waals surface area (Å²) in [7, 11) is 0. The second-order valence-corrected chi connectivity index (χ2v) is 3.64. The second-order valence-electron chi connectivity index (χ2n) is 3.64. The molecule has 0 saturated heterocycles. The van der Waals surface area contributed by atoms with Gasteiger partial charge in [0.15, 0.2) is 0 Å². The van der Waals surface area contributed by atoms with Crippen LogP contribution in [0.1, 0.15) is 11.1 Å². The Bertz CT molecular complexity index is 395. The van der Waals surface area contributed by atoms with Crippen molar-refractivity contribution in [1.82, 2.24) is 5.32 Å². The molecular weight excluding hydrogens is 206 g/mol. The lowest BCUT2D eigenvalue weighted by Crippen LogP contribution is -2.36. The molecule has 0 aliphatic carbocycles. The van der Waals surface area contributed by atoms with E-state index in [2.05, 4.69) is 10.6 Å². The molecule has 0 heterocycles. The first-order valence-electron chi connectivity index (χ1n) is 4.89. The second kappa shape index (κ2) is 5.16. The van der Waals surface area contributed by atoms with Gasteiger partial charge in [0.25, 0.3) is 0 Å². The summed E-state index contributed by atoms with van der Waals surface area (Å²) in [6, 6.07) is 5.01. The molecule has 0 radical (unpaired) electrons. The largest absolute Gasteiger partial charge is 0.352 e. The maximum atomic E-state index is 11.4. The lowest BCUT2D eigenvalue weighted by atomic mass is 10.1. The Labute approximate surface area is 94.0 Å². The number of anilines is 1. The monoisotopic (exact) mass is 221 g/mol. The van der Waals surface area contributed by atoms with E-state index in [-0.39, 0.29) is 12.5 Å². The molecule has 0 aliphatic rings. The molecule has 0 aromatic heterocycles. The van der Waals surface area contributed by atoms with E-state index in [1.54, 1.807) is 0 Å². The van der Waals surface area contributed by atoms with Gasteiger partial charge in [-0.2, -0.15) is 0 Å². The summed E-state index contributed by atoms with van der Waals surface area (Å²) in [6.07, 6.45) is 0. The van der Waals surface area contributed by atoms with Gasteiger partial charge in [0, 0.05) is 5.69 Å². The molecule has 5 heteroatoms. The van der Waals surface area contributed by atoms with Crippen molar-refractivity contribution in [1.29, 1.82) is 0 Å². The Hall–Kier alpha value is -2.04. The van der Waals surface area contributed by atoms with Crippen molar-refractivity contribution in [3.05, 3.63) is 29.3 Å². The van der Waals surface area contributed by atoms with Crippen LogP contribution in [-0.2, 0) is 4.79 Å². The molecule has 0 bridgehead atoms. The highest BCUT2D eigenvalue weighted by molar-refractivity contribution is 5.94. The molecular formula is C11H15N3O2. The fourth-order valence-corrected chi connectivity index (χ4v) is 1.42. The normalized spacial score (nSPS) is 9.62. The Morgan fingerprint density at radius 1 is 1.19 bits per heavy atom. The number of amides is 3. The van der Waals surface area contributed by atoms with Gasteiger partial charge in [-0.1, -0.05) is 6.07 Å². The van der Waals surface area contributed by atoms with Gasteiger partial charge in [-0.05, 0) is 37.1 Å². The molecule has 0 fully saturated rings.